The predicted octanol–water partition coefficient (Wildman–Crippen LogP) is 3.58. The van der Waals surface area contributed by atoms with Gasteiger partial charge in [-0.05, 0) is 34.8 Å². The summed E-state index contributed by atoms with van der Waals surface area (Å²) in [5.41, 5.74) is 1.73. The van der Waals surface area contributed by atoms with Gasteiger partial charge in [0, 0.05) is 36.9 Å². The van der Waals surface area contributed by atoms with Crippen molar-refractivity contribution in [3.8, 4) is 11.4 Å². The lowest BCUT2D eigenvalue weighted by Crippen LogP contribution is -2.37. The van der Waals surface area contributed by atoms with E-state index < -0.39 is 0 Å². The molecule has 3 amide bonds. The molecule has 1 aromatic carbocycles. The van der Waals surface area contributed by atoms with Gasteiger partial charge in [-0.3, -0.25) is 19.3 Å². The quantitative estimate of drug-likeness (QED) is 0.519. The zero-order valence-electron chi connectivity index (χ0n) is 16.3. The maximum atomic E-state index is 12.5. The summed E-state index contributed by atoms with van der Waals surface area (Å²) >= 11 is 2.44. The summed E-state index contributed by atoms with van der Waals surface area (Å²) in [4.78, 5) is 42.5. The van der Waals surface area contributed by atoms with Crippen LogP contribution >= 0.6 is 23.1 Å². The molecule has 2 aromatic heterocycles. The van der Waals surface area contributed by atoms with E-state index in [9.17, 15) is 14.4 Å². The molecule has 3 aromatic rings. The van der Waals surface area contributed by atoms with Crippen LogP contribution in [0.5, 0.6) is 0 Å². The Kier molecular flexibility index (Phi) is 6.58. The molecule has 158 valence electrons. The molecular formula is C21H18N4O4S2. The Bertz CT molecular complexity index is 1110. The first-order valence-corrected chi connectivity index (χ1v) is 11.3. The van der Waals surface area contributed by atoms with Gasteiger partial charge < -0.3 is 9.84 Å². The molecule has 1 N–H and O–H groups in total. The maximum absolute atomic E-state index is 12.5. The van der Waals surface area contributed by atoms with Gasteiger partial charge in [-0.25, -0.2) is 0 Å². The highest BCUT2D eigenvalue weighted by Gasteiger charge is 2.34. The average molecular weight is 455 g/mol. The Labute approximate surface area is 186 Å². The molecule has 0 bridgehead atoms. The minimum absolute atomic E-state index is 0.116. The number of aryl methyl sites for hydroxylation is 1. The number of amides is 3. The lowest BCUT2D eigenvalue weighted by atomic mass is 10.2. The Morgan fingerprint density at radius 3 is 2.81 bits per heavy atom. The number of nitrogens with one attached hydrogen (secondary N) is 1. The van der Waals surface area contributed by atoms with Crippen molar-refractivity contribution in [2.75, 3.05) is 13.1 Å². The van der Waals surface area contributed by atoms with E-state index in [1.54, 1.807) is 6.08 Å². The fourth-order valence-corrected chi connectivity index (χ4v) is 4.37. The van der Waals surface area contributed by atoms with Gasteiger partial charge >= 0.3 is 0 Å². The van der Waals surface area contributed by atoms with E-state index >= 15 is 0 Å². The summed E-state index contributed by atoms with van der Waals surface area (Å²) in [5, 5.41) is 10.1. The maximum Gasteiger partial charge on any atom is 0.293 e. The zero-order valence-corrected chi connectivity index (χ0v) is 17.9. The van der Waals surface area contributed by atoms with Gasteiger partial charge in [0.05, 0.1) is 4.91 Å². The predicted molar refractivity (Wildman–Crippen MR) is 118 cm³/mol. The molecule has 1 aliphatic heterocycles. The summed E-state index contributed by atoms with van der Waals surface area (Å²) in [7, 11) is 0. The number of aromatic nitrogens is 2. The molecule has 1 saturated heterocycles. The number of hydrogen-bond donors (Lipinski definition) is 1. The van der Waals surface area contributed by atoms with Crippen LogP contribution in [0.2, 0.25) is 0 Å². The smallest absolute Gasteiger partial charge is 0.293 e. The van der Waals surface area contributed by atoms with Crippen molar-refractivity contribution in [1.29, 1.82) is 0 Å². The number of thioether (sulfide) groups is 1. The van der Waals surface area contributed by atoms with Crippen LogP contribution in [-0.2, 0) is 16.0 Å². The topological polar surface area (TPSA) is 105 Å². The van der Waals surface area contributed by atoms with Crippen LogP contribution in [-0.4, -0.2) is 45.2 Å². The number of thiophene rings is 1. The molecule has 3 heterocycles. The Hall–Kier alpha value is -3.24. The molecule has 31 heavy (non-hydrogen) atoms. The number of carbonyl (C=O) groups excluding carboxylic acids is 3. The Morgan fingerprint density at radius 1 is 1.19 bits per heavy atom. The van der Waals surface area contributed by atoms with Gasteiger partial charge in [0.1, 0.15) is 0 Å². The van der Waals surface area contributed by atoms with Crippen molar-refractivity contribution in [3.05, 3.63) is 63.5 Å². The van der Waals surface area contributed by atoms with Crippen LogP contribution in [0.3, 0.4) is 0 Å². The second-order valence-corrected chi connectivity index (χ2v) is 8.39. The third-order valence-electron chi connectivity index (χ3n) is 4.44. The molecule has 8 nitrogen and oxygen atoms in total. The summed E-state index contributed by atoms with van der Waals surface area (Å²) in [6.45, 7) is 0.297. The monoisotopic (exact) mass is 454 g/mol. The highest BCUT2D eigenvalue weighted by molar-refractivity contribution is 8.18. The second kappa shape index (κ2) is 9.71. The van der Waals surface area contributed by atoms with Crippen LogP contribution in [0.25, 0.3) is 17.5 Å². The van der Waals surface area contributed by atoms with Crippen molar-refractivity contribution < 1.29 is 18.9 Å². The van der Waals surface area contributed by atoms with E-state index in [1.807, 2.05) is 47.2 Å². The van der Waals surface area contributed by atoms with Gasteiger partial charge in [0.2, 0.25) is 17.6 Å². The summed E-state index contributed by atoms with van der Waals surface area (Å²) < 4.78 is 5.17. The molecule has 0 aliphatic carbocycles. The molecular weight excluding hydrogens is 436 g/mol. The highest BCUT2D eigenvalue weighted by Crippen LogP contribution is 2.31. The number of hydrogen-bond acceptors (Lipinski definition) is 8. The first-order valence-electron chi connectivity index (χ1n) is 9.52. The van der Waals surface area contributed by atoms with Crippen molar-refractivity contribution in [2.24, 2.45) is 0 Å². The largest absolute Gasteiger partial charge is 0.354 e. The average Bonchev–Trinajstić information content (AvgIpc) is 3.51. The molecule has 0 radical (unpaired) electrons. The van der Waals surface area contributed by atoms with Crippen molar-refractivity contribution in [1.82, 2.24) is 20.4 Å². The first-order chi connectivity index (χ1) is 15.1. The molecule has 0 saturated carbocycles. The second-order valence-electron chi connectivity index (χ2n) is 6.62. The highest BCUT2D eigenvalue weighted by atomic mass is 32.2. The zero-order chi connectivity index (χ0) is 21.6. The van der Waals surface area contributed by atoms with Gasteiger partial charge in [-0.2, -0.15) is 16.3 Å². The van der Waals surface area contributed by atoms with Crippen molar-refractivity contribution >= 4 is 46.2 Å². The van der Waals surface area contributed by atoms with Crippen LogP contribution < -0.4 is 5.32 Å². The van der Waals surface area contributed by atoms with E-state index in [1.165, 1.54) is 11.3 Å². The number of carbonyl (C=O) groups is 3. The Morgan fingerprint density at radius 2 is 2.03 bits per heavy atom. The fraction of sp³-hybridized carbons (Fsp3) is 0.190. The summed E-state index contributed by atoms with van der Waals surface area (Å²) in [6, 6.07) is 11.2. The normalized spacial score (nSPS) is 15.1. The first kappa shape index (κ1) is 21.0. The Balaban J connectivity index is 1.23. The molecule has 0 spiro atoms. The van der Waals surface area contributed by atoms with Gasteiger partial charge in [-0.15, -0.1) is 0 Å². The van der Waals surface area contributed by atoms with E-state index in [2.05, 4.69) is 15.5 Å². The molecule has 4 rings (SSSR count). The van der Waals surface area contributed by atoms with Crippen molar-refractivity contribution in [2.45, 2.75) is 12.8 Å². The molecule has 1 aliphatic rings. The lowest BCUT2D eigenvalue weighted by molar-refractivity contribution is -0.124. The molecule has 0 atom stereocenters. The van der Waals surface area contributed by atoms with E-state index in [-0.39, 0.29) is 36.6 Å². The van der Waals surface area contributed by atoms with Gasteiger partial charge in [0.25, 0.3) is 11.1 Å². The lowest BCUT2D eigenvalue weighted by Gasteiger charge is -2.12. The van der Waals surface area contributed by atoms with E-state index in [0.29, 0.717) is 23.0 Å². The molecule has 10 heteroatoms. The fourth-order valence-electron chi connectivity index (χ4n) is 2.87. The third-order valence-corrected chi connectivity index (χ3v) is 6.03. The minimum atomic E-state index is -0.347. The number of imide groups is 1. The summed E-state index contributed by atoms with van der Waals surface area (Å²) in [6.07, 6.45) is 2.17. The minimum Gasteiger partial charge on any atom is -0.354 e. The standard InChI is InChI=1S/C21H18N4O4S2/c26-17(6-7-18-23-19(24-29-18)15-8-11-30-13-15)22-9-10-25-20(27)16(31-21(25)28)12-14-4-2-1-3-5-14/h1-5,8,11-13H,6-7,9-10H2,(H,22,26)/b16-12-. The van der Waals surface area contributed by atoms with Crippen molar-refractivity contribution in [3.63, 3.8) is 0 Å². The number of nitrogens with zero attached hydrogens (tertiary/aromatic N) is 3. The van der Waals surface area contributed by atoms with Gasteiger partial charge in [0.15, 0.2) is 0 Å². The summed E-state index contributed by atoms with van der Waals surface area (Å²) in [5.74, 6) is 0.315. The van der Waals surface area contributed by atoms with E-state index in [0.717, 1.165) is 27.8 Å². The van der Waals surface area contributed by atoms with Crippen LogP contribution in [0.1, 0.15) is 17.9 Å². The van der Waals surface area contributed by atoms with E-state index in [4.69, 9.17) is 4.52 Å². The van der Waals surface area contributed by atoms with Crippen LogP contribution in [0.4, 0.5) is 4.79 Å². The number of rotatable bonds is 8. The van der Waals surface area contributed by atoms with Crippen LogP contribution in [0.15, 0.2) is 56.6 Å². The van der Waals surface area contributed by atoms with Gasteiger partial charge in [-0.1, -0.05) is 35.5 Å². The molecule has 0 unspecified atom stereocenters. The number of benzene rings is 1. The molecule has 1 fully saturated rings. The van der Waals surface area contributed by atoms with Crippen LogP contribution in [0, 0.1) is 0 Å². The SMILES string of the molecule is O=C(CCc1nc(-c2ccsc2)no1)NCCN1C(=O)S/C(=C\c2ccccc2)C1=O. The third kappa shape index (κ3) is 5.28.